The molecule has 19 heteroatoms. The van der Waals surface area contributed by atoms with Gasteiger partial charge >= 0.3 is 27.6 Å². The summed E-state index contributed by atoms with van der Waals surface area (Å²) in [4.78, 5) is 54.3. The van der Waals surface area contributed by atoms with Crippen LogP contribution in [0.1, 0.15) is 162 Å². The van der Waals surface area contributed by atoms with Gasteiger partial charge in [-0.2, -0.15) is 0 Å². The highest BCUT2D eigenvalue weighted by atomic mass is 31.2. The average Bonchev–Trinajstić information content (AvgIpc) is 3.27. The molecule has 6 unspecified atom stereocenters. The second-order valence-corrected chi connectivity index (χ2v) is 19.2. The van der Waals surface area contributed by atoms with E-state index >= 15 is 0 Å². The quantitative estimate of drug-likeness (QED) is 0.00951. The van der Waals surface area contributed by atoms with Crippen LogP contribution in [0.25, 0.3) is 0 Å². The van der Waals surface area contributed by atoms with Gasteiger partial charge in [-0.05, 0) is 64.2 Å². The number of ether oxygens (including phenoxy) is 2. The molecule has 0 spiro atoms. The number of rotatable bonds is 39. The van der Waals surface area contributed by atoms with Crippen molar-refractivity contribution in [1.29, 1.82) is 0 Å². The summed E-state index contributed by atoms with van der Waals surface area (Å²) in [6.45, 7) is 2.86. The Hall–Kier alpha value is -2.34. The Labute approximate surface area is 392 Å². The summed E-state index contributed by atoms with van der Waals surface area (Å²) in [5, 5.41) is 51.4. The Morgan fingerprint density at radius 3 is 1.71 bits per heavy atom. The van der Waals surface area contributed by atoms with Gasteiger partial charge in [0, 0.05) is 12.8 Å². The van der Waals surface area contributed by atoms with Crippen LogP contribution in [0.3, 0.4) is 0 Å². The molecule has 0 aliphatic heterocycles. The first kappa shape index (κ1) is 61.7. The first-order chi connectivity index (χ1) is 31.5. The number of aliphatic hydroxyl groups is 5. The summed E-state index contributed by atoms with van der Waals surface area (Å²) in [7, 11) is -10.7. The van der Waals surface area contributed by atoms with Gasteiger partial charge in [-0.3, -0.25) is 23.2 Å². The monoisotopic (exact) mass is 981 g/mol. The van der Waals surface area contributed by atoms with E-state index in [4.69, 9.17) is 18.5 Å². The van der Waals surface area contributed by atoms with E-state index in [0.29, 0.717) is 19.3 Å². The Balaban J connectivity index is 2.63. The van der Waals surface area contributed by atoms with E-state index in [2.05, 4.69) is 54.8 Å². The maximum atomic E-state index is 13.0. The number of hydrogen-bond acceptors (Lipinski definition) is 14. The molecule has 1 saturated carbocycles. The molecule has 0 heterocycles. The summed E-state index contributed by atoms with van der Waals surface area (Å²) < 4.78 is 49.3. The molecule has 0 aromatic heterocycles. The highest BCUT2D eigenvalue weighted by Crippen LogP contribution is 2.49. The molecule has 382 valence electrons. The molecule has 0 bridgehead atoms. The first-order valence-corrected chi connectivity index (χ1v) is 27.0. The molecular weight excluding hydrogens is 898 g/mol. The van der Waals surface area contributed by atoms with E-state index in [0.717, 1.165) is 96.3 Å². The number of carbonyl (C=O) groups is 2. The summed E-state index contributed by atoms with van der Waals surface area (Å²) in [6.07, 6.45) is 24.7. The summed E-state index contributed by atoms with van der Waals surface area (Å²) >= 11 is 0. The van der Waals surface area contributed by atoms with Crippen molar-refractivity contribution in [1.82, 2.24) is 0 Å². The lowest BCUT2D eigenvalue weighted by molar-refractivity contribution is -0.216. The molecule has 0 radical (unpaired) electrons. The smallest absolute Gasteiger partial charge is 0.462 e. The van der Waals surface area contributed by atoms with Crippen LogP contribution in [0.5, 0.6) is 0 Å². The molecule has 1 aliphatic carbocycles. The van der Waals surface area contributed by atoms with Crippen molar-refractivity contribution in [2.45, 2.75) is 210 Å². The maximum absolute atomic E-state index is 13.0. The van der Waals surface area contributed by atoms with Crippen LogP contribution >= 0.6 is 15.6 Å². The second-order valence-electron chi connectivity index (χ2n) is 16.6. The minimum absolute atomic E-state index is 0.0124. The van der Waals surface area contributed by atoms with E-state index in [-0.39, 0.29) is 12.8 Å². The predicted molar refractivity (Wildman–Crippen MR) is 252 cm³/mol. The van der Waals surface area contributed by atoms with Crippen LogP contribution in [-0.2, 0) is 41.8 Å². The lowest BCUT2D eigenvalue weighted by Gasteiger charge is -2.43. The van der Waals surface area contributed by atoms with E-state index in [9.17, 15) is 58.9 Å². The van der Waals surface area contributed by atoms with Gasteiger partial charge in [-0.1, -0.05) is 145 Å². The zero-order chi connectivity index (χ0) is 49.1. The number of unbranched alkanes of at least 4 members (excludes halogenated alkanes) is 14. The van der Waals surface area contributed by atoms with Crippen LogP contribution in [0, 0.1) is 0 Å². The third-order valence-corrected chi connectivity index (χ3v) is 12.2. The van der Waals surface area contributed by atoms with Crippen molar-refractivity contribution >= 4 is 27.6 Å². The standard InChI is InChI=1S/C47H82O17P2/c1-3-5-7-9-11-12-13-14-15-16-17-18-19-20-22-26-31-35-41(50)62-39(36-60-40(49)34-30-27-23-25-29-33-38(48)32-28-24-21-10-8-6-4-2)37-61-66(58,59)64-47-44(53)42(51)43(52)46(45(47)54)63-65(55,56)57/h6,8,11-12,14-15,21,24,28,32,38-39,42-48,51-54H,3-5,7,9-10,13,16-20,22-23,25-27,29-31,33-37H2,1-2H3,(H,58,59)(H2,55,56,57)/b8-6+,12-11-,15-14-,24-21+,32-28+/t38?,39-,42?,43?,44?,45?,46-,47+/m1/s1. The molecule has 9 atom stereocenters. The lowest BCUT2D eigenvalue weighted by Crippen LogP contribution is -2.64. The minimum atomic E-state index is -5.38. The maximum Gasteiger partial charge on any atom is 0.472 e. The summed E-state index contributed by atoms with van der Waals surface area (Å²) in [5.41, 5.74) is 0. The zero-order valence-corrected chi connectivity index (χ0v) is 41.0. The summed E-state index contributed by atoms with van der Waals surface area (Å²) in [5.74, 6) is -1.29. The highest BCUT2D eigenvalue weighted by Gasteiger charge is 2.54. The van der Waals surface area contributed by atoms with Crippen molar-refractivity contribution in [3.8, 4) is 0 Å². The van der Waals surface area contributed by atoms with Crippen molar-refractivity contribution < 1.29 is 82.0 Å². The van der Waals surface area contributed by atoms with Gasteiger partial charge in [0.25, 0.3) is 0 Å². The Morgan fingerprint density at radius 2 is 1.11 bits per heavy atom. The molecule has 0 aromatic rings. The molecule has 1 rings (SSSR count). The number of esters is 2. The first-order valence-electron chi connectivity index (χ1n) is 23.9. The zero-order valence-electron chi connectivity index (χ0n) is 39.2. The number of hydrogen-bond donors (Lipinski definition) is 8. The Bertz CT molecular complexity index is 1530. The molecule has 1 aliphatic rings. The van der Waals surface area contributed by atoms with Crippen molar-refractivity contribution in [2.75, 3.05) is 13.2 Å². The van der Waals surface area contributed by atoms with Crippen molar-refractivity contribution in [3.05, 3.63) is 60.8 Å². The van der Waals surface area contributed by atoms with Gasteiger partial charge in [0.2, 0.25) is 0 Å². The molecular formula is C47H82O17P2. The third kappa shape index (κ3) is 31.7. The number of allylic oxidation sites excluding steroid dienone is 9. The molecule has 0 saturated heterocycles. The predicted octanol–water partition coefficient (Wildman–Crippen LogP) is 8.03. The molecule has 17 nitrogen and oxygen atoms in total. The van der Waals surface area contributed by atoms with Gasteiger partial charge in [0.1, 0.15) is 43.2 Å². The lowest BCUT2D eigenvalue weighted by atomic mass is 9.85. The van der Waals surface area contributed by atoms with Gasteiger partial charge < -0.3 is 49.7 Å². The van der Waals surface area contributed by atoms with E-state index < -0.39 is 89.6 Å². The normalized spacial score (nSPS) is 22.5. The number of phosphoric ester groups is 2. The third-order valence-electron chi connectivity index (χ3n) is 10.7. The molecule has 1 fully saturated rings. The average molecular weight is 981 g/mol. The second kappa shape index (κ2) is 37.5. The van der Waals surface area contributed by atoms with E-state index in [1.807, 2.05) is 18.2 Å². The Kier molecular flexibility index (Phi) is 35.1. The van der Waals surface area contributed by atoms with E-state index in [1.165, 1.54) is 19.3 Å². The molecule has 0 amide bonds. The van der Waals surface area contributed by atoms with Crippen LogP contribution < -0.4 is 0 Å². The Morgan fingerprint density at radius 1 is 0.576 bits per heavy atom. The van der Waals surface area contributed by atoms with Crippen LogP contribution in [-0.4, -0.2) is 114 Å². The molecule has 66 heavy (non-hydrogen) atoms. The fourth-order valence-corrected chi connectivity index (χ4v) is 8.48. The van der Waals surface area contributed by atoms with Crippen molar-refractivity contribution in [3.63, 3.8) is 0 Å². The fraction of sp³-hybridized carbons (Fsp3) is 0.745. The summed E-state index contributed by atoms with van der Waals surface area (Å²) in [6, 6.07) is 0. The number of carbonyl (C=O) groups excluding carboxylic acids is 2. The van der Waals surface area contributed by atoms with E-state index in [1.54, 1.807) is 6.08 Å². The minimum Gasteiger partial charge on any atom is -0.462 e. The van der Waals surface area contributed by atoms with Gasteiger partial charge in [-0.15, -0.1) is 0 Å². The SMILES string of the molecule is CC/C=C/C/C=C/C=C/C(O)CCCCCCCC(=O)OC[C@H](COP(=O)(O)O[C@H]1C(O)C(O)C(O)[C@@H](OP(=O)(O)O)C1O)OC(=O)CCCCCCCCC/C=C\C/C=C\CCCCC. The molecule has 8 N–H and O–H groups in total. The van der Waals surface area contributed by atoms with Crippen LogP contribution in [0.2, 0.25) is 0 Å². The van der Waals surface area contributed by atoms with Gasteiger partial charge in [0.15, 0.2) is 6.10 Å². The molecule has 0 aromatic carbocycles. The number of phosphoric acid groups is 2. The fourth-order valence-electron chi connectivity index (χ4n) is 6.94. The van der Waals surface area contributed by atoms with Gasteiger partial charge in [0.05, 0.1) is 12.7 Å². The van der Waals surface area contributed by atoms with Gasteiger partial charge in [-0.25, -0.2) is 9.13 Å². The van der Waals surface area contributed by atoms with Crippen LogP contribution in [0.4, 0.5) is 0 Å². The topological polar surface area (TPSA) is 276 Å². The highest BCUT2D eigenvalue weighted by molar-refractivity contribution is 7.47. The number of aliphatic hydroxyl groups excluding tert-OH is 5. The van der Waals surface area contributed by atoms with Crippen molar-refractivity contribution in [2.24, 2.45) is 0 Å². The van der Waals surface area contributed by atoms with Crippen LogP contribution in [0.15, 0.2) is 60.8 Å². The largest absolute Gasteiger partial charge is 0.472 e.